The first-order valence-corrected chi connectivity index (χ1v) is 8.91. The Morgan fingerprint density at radius 2 is 1.85 bits per heavy atom. The van der Waals surface area contributed by atoms with Crippen LogP contribution in [0.4, 0.5) is 0 Å². The molecule has 1 fully saturated rings. The summed E-state index contributed by atoms with van der Waals surface area (Å²) in [4.78, 5) is 34.4. The highest BCUT2D eigenvalue weighted by Crippen LogP contribution is 2.34. The lowest BCUT2D eigenvalue weighted by molar-refractivity contribution is -0.218. The largest absolute Gasteiger partial charge is 0.463 e. The Morgan fingerprint density at radius 1 is 1.22 bits per heavy atom. The van der Waals surface area contributed by atoms with E-state index in [9.17, 15) is 19.6 Å². The Kier molecular flexibility index (Phi) is 7.08. The molecule has 1 aliphatic rings. The third-order valence-electron chi connectivity index (χ3n) is 3.63. The molecule has 0 amide bonds. The summed E-state index contributed by atoms with van der Waals surface area (Å²) in [6.07, 6.45) is -2.80. The van der Waals surface area contributed by atoms with Crippen LogP contribution in [-0.4, -0.2) is 63.9 Å². The van der Waals surface area contributed by atoms with Gasteiger partial charge in [0.2, 0.25) is 0 Å². The number of nitriles is 1. The summed E-state index contributed by atoms with van der Waals surface area (Å²) in [5, 5.41) is 17.3. The first kappa shape index (κ1) is 21.0. The molecule has 0 spiro atoms. The maximum absolute atomic E-state index is 11.7. The van der Waals surface area contributed by atoms with Crippen molar-refractivity contribution >= 4 is 40.5 Å². The minimum absolute atomic E-state index is 0.263. The first-order valence-electron chi connectivity index (χ1n) is 7.83. The molecular weight excluding hydrogens is 475 g/mol. The van der Waals surface area contributed by atoms with Crippen LogP contribution in [0.15, 0.2) is 6.20 Å². The second-order valence-electron chi connectivity index (χ2n) is 5.69. The third-order valence-corrected chi connectivity index (χ3v) is 4.12. The standard InChI is InChI=1S/C15H17IN4O7/c1-7(21)24-6-11-15(26-9(3)23)13(20-5-12(16)18-19-20)14(25-8(2)22)10(4-17)27-11/h5,10-11,13-15H,6H2,1-3H3/t10-,11+,13+,14-,15-/m0/s1. The van der Waals surface area contributed by atoms with Gasteiger partial charge in [-0.15, -0.1) is 5.10 Å². The SMILES string of the molecule is CC(=O)OC[C@H]1O[C@@H](C#N)[C@H](OC(C)=O)[C@@H](n2cc(I)nn2)[C@H]1OC(C)=O. The first-order chi connectivity index (χ1) is 12.7. The maximum Gasteiger partial charge on any atom is 0.303 e. The van der Waals surface area contributed by atoms with Crippen LogP contribution in [-0.2, 0) is 33.3 Å². The number of esters is 3. The summed E-state index contributed by atoms with van der Waals surface area (Å²) in [7, 11) is 0. The number of rotatable bonds is 5. The second-order valence-corrected chi connectivity index (χ2v) is 6.79. The molecule has 1 aromatic heterocycles. The zero-order valence-electron chi connectivity index (χ0n) is 14.7. The van der Waals surface area contributed by atoms with Gasteiger partial charge >= 0.3 is 17.9 Å². The Hall–Kier alpha value is -2.27. The van der Waals surface area contributed by atoms with Crippen molar-refractivity contribution in [3.05, 3.63) is 9.90 Å². The minimum atomic E-state index is -1.20. The number of ether oxygens (including phenoxy) is 4. The predicted molar refractivity (Wildman–Crippen MR) is 93.8 cm³/mol. The Labute approximate surface area is 168 Å². The van der Waals surface area contributed by atoms with E-state index in [2.05, 4.69) is 10.3 Å². The van der Waals surface area contributed by atoms with E-state index in [0.717, 1.165) is 0 Å². The van der Waals surface area contributed by atoms with Gasteiger partial charge in [0.15, 0.2) is 18.3 Å². The van der Waals surface area contributed by atoms with Crippen molar-refractivity contribution < 1.29 is 33.3 Å². The molecule has 1 aliphatic heterocycles. The van der Waals surface area contributed by atoms with Crippen molar-refractivity contribution in [3.63, 3.8) is 0 Å². The van der Waals surface area contributed by atoms with Crippen LogP contribution in [0.25, 0.3) is 0 Å². The lowest BCUT2D eigenvalue weighted by Crippen LogP contribution is -2.58. The maximum atomic E-state index is 11.7. The van der Waals surface area contributed by atoms with Gasteiger partial charge in [-0.3, -0.25) is 14.4 Å². The van der Waals surface area contributed by atoms with Gasteiger partial charge in [-0.2, -0.15) is 5.26 Å². The lowest BCUT2D eigenvalue weighted by Gasteiger charge is -2.42. The van der Waals surface area contributed by atoms with Crippen LogP contribution < -0.4 is 0 Å². The van der Waals surface area contributed by atoms with Gasteiger partial charge < -0.3 is 18.9 Å². The monoisotopic (exact) mass is 492 g/mol. The fourth-order valence-electron chi connectivity index (χ4n) is 2.73. The molecule has 11 nitrogen and oxygen atoms in total. The normalized spacial score (nSPS) is 27.3. The number of carbonyl (C=O) groups is 3. The molecule has 0 aromatic carbocycles. The van der Waals surface area contributed by atoms with E-state index < -0.39 is 48.4 Å². The number of carbonyl (C=O) groups excluding carboxylic acids is 3. The molecule has 27 heavy (non-hydrogen) atoms. The summed E-state index contributed by atoms with van der Waals surface area (Å²) in [5.41, 5.74) is 0. The van der Waals surface area contributed by atoms with E-state index in [1.54, 1.807) is 6.20 Å². The predicted octanol–water partition coefficient (Wildman–Crippen LogP) is 0.141. The summed E-state index contributed by atoms with van der Waals surface area (Å²) in [5.74, 6) is -1.85. The van der Waals surface area contributed by atoms with Crippen LogP contribution >= 0.6 is 22.6 Å². The highest BCUT2D eigenvalue weighted by Gasteiger charge is 2.51. The third kappa shape index (κ3) is 5.36. The molecule has 1 aromatic rings. The molecule has 0 N–H and O–H groups in total. The second kappa shape index (κ2) is 9.09. The zero-order valence-corrected chi connectivity index (χ0v) is 16.9. The average Bonchev–Trinajstić information content (AvgIpc) is 2.99. The quantitative estimate of drug-likeness (QED) is 0.317. The van der Waals surface area contributed by atoms with Crippen molar-refractivity contribution in [2.75, 3.05) is 6.61 Å². The molecule has 0 bridgehead atoms. The zero-order chi connectivity index (χ0) is 20.1. The van der Waals surface area contributed by atoms with Gasteiger partial charge in [0.1, 0.15) is 22.5 Å². The summed E-state index contributed by atoms with van der Waals surface area (Å²) < 4.78 is 23.1. The molecule has 0 radical (unpaired) electrons. The molecule has 2 rings (SSSR count). The highest BCUT2D eigenvalue weighted by molar-refractivity contribution is 14.1. The Morgan fingerprint density at radius 3 is 2.33 bits per heavy atom. The molecule has 0 saturated carbocycles. The summed E-state index contributed by atoms with van der Waals surface area (Å²) in [6.45, 7) is 3.33. The van der Waals surface area contributed by atoms with E-state index in [1.807, 2.05) is 28.7 Å². The van der Waals surface area contributed by atoms with Crippen molar-refractivity contribution in [2.45, 2.75) is 51.2 Å². The lowest BCUT2D eigenvalue weighted by atomic mass is 9.92. The fraction of sp³-hybridized carbons (Fsp3) is 0.600. The van der Waals surface area contributed by atoms with E-state index in [1.165, 1.54) is 25.5 Å². The number of aromatic nitrogens is 3. The van der Waals surface area contributed by atoms with Gasteiger partial charge in [-0.1, -0.05) is 5.21 Å². The molecule has 1 saturated heterocycles. The van der Waals surface area contributed by atoms with Crippen LogP contribution in [0, 0.1) is 15.0 Å². The molecule has 0 unspecified atom stereocenters. The van der Waals surface area contributed by atoms with Gasteiger partial charge in [-0.25, -0.2) is 4.68 Å². The van der Waals surface area contributed by atoms with E-state index >= 15 is 0 Å². The molecule has 146 valence electrons. The molecule has 0 aliphatic carbocycles. The number of hydrogen-bond donors (Lipinski definition) is 0. The van der Waals surface area contributed by atoms with Crippen molar-refractivity contribution in [2.24, 2.45) is 0 Å². The van der Waals surface area contributed by atoms with Gasteiger partial charge in [0.25, 0.3) is 0 Å². The number of halogens is 1. The molecule has 12 heteroatoms. The Bertz CT molecular complexity index is 762. The van der Waals surface area contributed by atoms with Gasteiger partial charge in [0.05, 0.1) is 12.3 Å². The fourth-order valence-corrected chi connectivity index (χ4v) is 3.11. The highest BCUT2D eigenvalue weighted by atomic mass is 127. The van der Waals surface area contributed by atoms with Crippen molar-refractivity contribution in [1.82, 2.24) is 15.0 Å². The van der Waals surface area contributed by atoms with E-state index in [0.29, 0.717) is 3.70 Å². The van der Waals surface area contributed by atoms with E-state index in [4.69, 9.17) is 18.9 Å². The molecule has 2 heterocycles. The summed E-state index contributed by atoms with van der Waals surface area (Å²) >= 11 is 1.93. The van der Waals surface area contributed by atoms with E-state index in [-0.39, 0.29) is 6.61 Å². The van der Waals surface area contributed by atoms with Gasteiger partial charge in [-0.05, 0) is 22.6 Å². The van der Waals surface area contributed by atoms with Crippen molar-refractivity contribution in [3.8, 4) is 6.07 Å². The van der Waals surface area contributed by atoms with Crippen LogP contribution in [0.5, 0.6) is 0 Å². The van der Waals surface area contributed by atoms with Crippen LogP contribution in [0.3, 0.4) is 0 Å². The minimum Gasteiger partial charge on any atom is -0.463 e. The number of nitrogens with zero attached hydrogens (tertiary/aromatic N) is 4. The smallest absolute Gasteiger partial charge is 0.303 e. The van der Waals surface area contributed by atoms with Crippen molar-refractivity contribution in [1.29, 1.82) is 5.26 Å². The van der Waals surface area contributed by atoms with Crippen LogP contribution in [0.2, 0.25) is 0 Å². The molecular formula is C15H17IN4O7. The molecule has 5 atom stereocenters. The topological polar surface area (TPSA) is 143 Å². The summed E-state index contributed by atoms with van der Waals surface area (Å²) in [6, 6.07) is 1.00. The van der Waals surface area contributed by atoms with Crippen LogP contribution in [0.1, 0.15) is 26.8 Å². The Balaban J connectivity index is 2.48. The number of hydrogen-bond acceptors (Lipinski definition) is 10. The van der Waals surface area contributed by atoms with Gasteiger partial charge in [0, 0.05) is 20.8 Å². The average molecular weight is 492 g/mol.